The van der Waals surface area contributed by atoms with Crippen molar-refractivity contribution >= 4 is 63.3 Å². The van der Waals surface area contributed by atoms with Crippen molar-refractivity contribution in [2.24, 2.45) is 11.3 Å². The molecule has 1 aliphatic carbocycles. The minimum atomic E-state index is -1.19. The molecule has 2 aromatic heterocycles. The van der Waals surface area contributed by atoms with E-state index in [2.05, 4.69) is 45.9 Å². The number of hydrogen-bond donors (Lipinski definition) is 4. The van der Waals surface area contributed by atoms with E-state index in [1.54, 1.807) is 48.8 Å². The number of nitrogens with zero attached hydrogens (tertiary/aromatic N) is 6. The largest absolute Gasteiger partial charge is 0.457 e. The van der Waals surface area contributed by atoms with Gasteiger partial charge in [-0.2, -0.15) is 0 Å². The molecule has 5 aromatic rings. The predicted octanol–water partition coefficient (Wildman–Crippen LogP) is 5.91. The molecule has 69 heavy (non-hydrogen) atoms. The highest BCUT2D eigenvalue weighted by atomic mass is 19.1. The van der Waals surface area contributed by atoms with Crippen LogP contribution in [-0.4, -0.2) is 118 Å². The maximum atomic E-state index is 15.9. The van der Waals surface area contributed by atoms with Gasteiger partial charge in [0.2, 0.25) is 23.6 Å². The van der Waals surface area contributed by atoms with Crippen LogP contribution in [0.4, 0.5) is 31.7 Å². The summed E-state index contributed by atoms with van der Waals surface area (Å²) in [5.74, 6) is -0.411. The first kappa shape index (κ1) is 44.5. The first-order chi connectivity index (χ1) is 33.5. The third-order valence-corrected chi connectivity index (χ3v) is 14.9. The Balaban J connectivity index is 0.630. The van der Waals surface area contributed by atoms with Gasteiger partial charge in [-0.15, -0.1) is 0 Å². The lowest BCUT2D eigenvalue weighted by Gasteiger charge is -2.39. The summed E-state index contributed by atoms with van der Waals surface area (Å²) in [6.07, 6.45) is 7.68. The van der Waals surface area contributed by atoms with Gasteiger partial charge in [-0.3, -0.25) is 44.1 Å². The van der Waals surface area contributed by atoms with E-state index >= 15 is 4.39 Å². The van der Waals surface area contributed by atoms with Crippen LogP contribution in [0.1, 0.15) is 60.9 Å². The molecule has 16 nitrogen and oxygen atoms in total. The Morgan fingerprint density at radius 3 is 2.25 bits per heavy atom. The first-order valence-electron chi connectivity index (χ1n) is 23.8. The monoisotopic (exact) mass is 938 g/mol. The van der Waals surface area contributed by atoms with Crippen LogP contribution in [0.25, 0.3) is 10.9 Å². The molecule has 3 atom stereocenters. The average Bonchev–Trinajstić information content (AvgIpc) is 3.81. The third kappa shape index (κ3) is 8.94. The molecule has 5 aliphatic heterocycles. The molecule has 7 heterocycles. The Hall–Kier alpha value is -7.05. The molecule has 6 aliphatic rings. The lowest BCUT2D eigenvalue weighted by molar-refractivity contribution is -0.137. The van der Waals surface area contributed by atoms with Crippen molar-refractivity contribution in [3.05, 3.63) is 108 Å². The van der Waals surface area contributed by atoms with Gasteiger partial charge in [0.25, 0.3) is 5.91 Å². The number of anilines is 4. The second kappa shape index (κ2) is 18.1. The number of hydrogen-bond acceptors (Lipinski definition) is 12. The Kier molecular flexibility index (Phi) is 11.7. The number of aromatic nitrogens is 2. The second-order valence-electron chi connectivity index (χ2n) is 19.2. The topological polar surface area (TPSA) is 181 Å². The zero-order valence-corrected chi connectivity index (χ0v) is 37.9. The van der Waals surface area contributed by atoms with E-state index in [-0.39, 0.29) is 24.1 Å². The van der Waals surface area contributed by atoms with Crippen molar-refractivity contribution in [1.82, 2.24) is 30.0 Å². The van der Waals surface area contributed by atoms with Crippen molar-refractivity contribution < 1.29 is 37.5 Å². The summed E-state index contributed by atoms with van der Waals surface area (Å²) in [6.45, 7) is 6.54. The molecule has 5 fully saturated rings. The number of ether oxygens (including phenoxy) is 1. The van der Waals surface area contributed by atoms with Crippen LogP contribution >= 0.6 is 0 Å². The lowest BCUT2D eigenvalue weighted by atomic mass is 9.95. The Bertz CT molecular complexity index is 2860. The number of piperazine rings is 1. The fourth-order valence-electron chi connectivity index (χ4n) is 10.8. The number of piperidine rings is 2. The van der Waals surface area contributed by atoms with E-state index in [1.807, 2.05) is 6.07 Å². The summed E-state index contributed by atoms with van der Waals surface area (Å²) in [4.78, 5) is 81.2. The van der Waals surface area contributed by atoms with Crippen LogP contribution in [0.5, 0.6) is 11.5 Å². The Labute approximate surface area is 396 Å². The molecule has 5 amide bonds. The van der Waals surface area contributed by atoms with Gasteiger partial charge in [0.15, 0.2) is 0 Å². The first-order valence-corrected chi connectivity index (χ1v) is 23.8. The lowest BCUT2D eigenvalue weighted by Crippen LogP contribution is -2.52. The van der Waals surface area contributed by atoms with E-state index in [9.17, 15) is 28.4 Å². The normalized spacial score (nSPS) is 22.2. The average molecular weight is 939 g/mol. The fraction of sp³-hybridized carbons (Fsp3) is 0.392. The number of imide groups is 1. The van der Waals surface area contributed by atoms with Gasteiger partial charge in [0, 0.05) is 100 Å². The number of carbonyl (C=O) groups is 5. The van der Waals surface area contributed by atoms with Gasteiger partial charge in [-0.05, 0) is 123 Å². The molecule has 0 radical (unpaired) electrons. The molecule has 4 saturated heterocycles. The van der Waals surface area contributed by atoms with E-state index in [4.69, 9.17) is 4.74 Å². The molecule has 4 N–H and O–H groups in total. The Morgan fingerprint density at radius 2 is 1.55 bits per heavy atom. The quantitative estimate of drug-likeness (QED) is 0.0766. The molecule has 2 bridgehead atoms. The zero-order chi connectivity index (χ0) is 47.4. The van der Waals surface area contributed by atoms with Gasteiger partial charge in [0.05, 0.1) is 16.8 Å². The van der Waals surface area contributed by atoms with E-state index in [0.717, 1.165) is 70.6 Å². The van der Waals surface area contributed by atoms with Gasteiger partial charge in [-0.1, -0.05) is 0 Å². The maximum Gasteiger partial charge on any atom is 0.256 e. The standard InChI is InChI=1S/C51H52F2N10O6/c52-32-1-3-33(4-2-32)57-49(67)51(14-15-51)50(68)58-34-5-7-37(8-6-34)69-44-11-16-54-41-24-43(40(53)23-38(41)44)60-18-12-30(13-19-60)26-62-29-35-22-36(62)28-61(35)20-17-55-45-21-31-27-63(48(66)39(31)25-56-45)42-9-10-46(64)59-47(42)65/h1-8,11,16,21,23-25,30,35-36,42H,9-10,12-15,17-20,22,26-29H2,(H,55,56)(H,57,67)(H,58,68)(H,59,64,65)/t35-,36-,42?/m0/s1. The SMILES string of the molecule is O=C1CCC(N2Cc3cc(NCCN4C[C@@H]5C[C@H]4CN5CC4CCN(c5cc6nccc(Oc7ccc(NC(=O)C8(C(=O)Nc9ccc(F)cc9)CC8)cc7)c6cc5F)CC4)ncc3C2=O)C(=O)N1. The summed E-state index contributed by atoms with van der Waals surface area (Å²) in [5.41, 5.74) is 2.20. The van der Waals surface area contributed by atoms with Gasteiger partial charge < -0.3 is 30.5 Å². The van der Waals surface area contributed by atoms with Crippen molar-refractivity contribution in [3.63, 3.8) is 0 Å². The minimum absolute atomic E-state index is 0.218. The molecule has 18 heteroatoms. The fourth-order valence-corrected chi connectivity index (χ4v) is 10.8. The van der Waals surface area contributed by atoms with Crippen LogP contribution in [-0.2, 0) is 25.7 Å². The zero-order valence-electron chi connectivity index (χ0n) is 37.9. The summed E-state index contributed by atoms with van der Waals surface area (Å²) in [5, 5.41) is 11.9. The molecule has 356 valence electrons. The van der Waals surface area contributed by atoms with Crippen molar-refractivity contribution in [3.8, 4) is 11.5 Å². The molecular weight excluding hydrogens is 887 g/mol. The smallest absolute Gasteiger partial charge is 0.256 e. The van der Waals surface area contributed by atoms with Crippen LogP contribution in [0.15, 0.2) is 85.2 Å². The molecule has 1 unspecified atom stereocenters. The highest BCUT2D eigenvalue weighted by Gasteiger charge is 2.56. The van der Waals surface area contributed by atoms with Crippen LogP contribution in [0.2, 0.25) is 0 Å². The minimum Gasteiger partial charge on any atom is -0.457 e. The highest BCUT2D eigenvalue weighted by Crippen LogP contribution is 2.48. The molecular formula is C51H52F2N10O6. The van der Waals surface area contributed by atoms with Gasteiger partial charge in [-0.25, -0.2) is 13.8 Å². The van der Waals surface area contributed by atoms with Crippen LogP contribution in [0, 0.1) is 23.0 Å². The van der Waals surface area contributed by atoms with Crippen LogP contribution in [0.3, 0.4) is 0 Å². The third-order valence-electron chi connectivity index (χ3n) is 14.9. The van der Waals surface area contributed by atoms with E-state index in [0.29, 0.717) is 94.7 Å². The molecule has 1 saturated carbocycles. The molecule has 11 rings (SSSR count). The van der Waals surface area contributed by atoms with E-state index < -0.39 is 35.0 Å². The summed E-state index contributed by atoms with van der Waals surface area (Å²) >= 11 is 0. The van der Waals surface area contributed by atoms with Gasteiger partial charge in [0.1, 0.15) is 40.4 Å². The number of carbonyl (C=O) groups excluding carboxylic acids is 5. The Morgan fingerprint density at radius 1 is 0.841 bits per heavy atom. The van der Waals surface area contributed by atoms with Crippen molar-refractivity contribution in [2.45, 2.75) is 69.6 Å². The summed E-state index contributed by atoms with van der Waals surface area (Å²) in [7, 11) is 0. The maximum absolute atomic E-state index is 15.9. The molecule has 3 aromatic carbocycles. The number of halogens is 2. The highest BCUT2D eigenvalue weighted by molar-refractivity contribution is 6.17. The van der Waals surface area contributed by atoms with E-state index in [1.165, 1.54) is 35.2 Å². The molecule has 0 spiro atoms. The predicted molar refractivity (Wildman–Crippen MR) is 253 cm³/mol. The summed E-state index contributed by atoms with van der Waals surface area (Å²) in [6, 6.07) is 19.4. The number of rotatable bonds is 14. The number of amides is 5. The van der Waals surface area contributed by atoms with Gasteiger partial charge >= 0.3 is 0 Å². The number of pyridine rings is 2. The number of benzene rings is 3. The number of fused-ring (bicyclic) bond motifs is 4. The number of likely N-dealkylation sites (tertiary alicyclic amines) is 2. The summed E-state index contributed by atoms with van der Waals surface area (Å²) < 4.78 is 35.5. The van der Waals surface area contributed by atoms with Crippen LogP contribution < -0.4 is 30.9 Å². The van der Waals surface area contributed by atoms with Crippen molar-refractivity contribution in [2.75, 3.05) is 66.7 Å². The second-order valence-corrected chi connectivity index (χ2v) is 19.2. The van der Waals surface area contributed by atoms with Crippen molar-refractivity contribution in [1.29, 1.82) is 0 Å². The number of nitrogens with one attached hydrogen (secondary N) is 4.